The van der Waals surface area contributed by atoms with Crippen LogP contribution in [0.25, 0.3) is 0 Å². The fraction of sp³-hybridized carbons (Fsp3) is 0.333. The van der Waals surface area contributed by atoms with E-state index < -0.39 is 23.9 Å². The zero-order chi connectivity index (χ0) is 16.4. The monoisotopic (exact) mass is 314 g/mol. The average Bonchev–Trinajstić information content (AvgIpc) is 2.85. The molecule has 22 heavy (non-hydrogen) atoms. The first-order valence-corrected chi connectivity index (χ1v) is 6.41. The van der Waals surface area contributed by atoms with Gasteiger partial charge in [0, 0.05) is 12.7 Å². The van der Waals surface area contributed by atoms with Crippen molar-refractivity contribution in [2.45, 2.75) is 24.3 Å². The van der Waals surface area contributed by atoms with Gasteiger partial charge in [0.15, 0.2) is 5.78 Å². The van der Waals surface area contributed by atoms with Crippen LogP contribution < -0.4 is 0 Å². The van der Waals surface area contributed by atoms with Gasteiger partial charge in [-0.2, -0.15) is 13.2 Å². The zero-order valence-electron chi connectivity index (χ0n) is 11.6. The number of hydrogen-bond donors (Lipinski definition) is 0. The molecule has 0 spiro atoms. The van der Waals surface area contributed by atoms with E-state index in [0.29, 0.717) is 0 Å². The molecule has 118 valence electrons. The van der Waals surface area contributed by atoms with E-state index in [2.05, 4.69) is 4.74 Å². The minimum Gasteiger partial charge on any atom is -0.455 e. The molecule has 0 bridgehead atoms. The molecular formula is C15H13F3O4. The van der Waals surface area contributed by atoms with Gasteiger partial charge in [-0.15, -0.1) is 0 Å². The summed E-state index contributed by atoms with van der Waals surface area (Å²) in [7, 11) is 0.789. The van der Waals surface area contributed by atoms with Crippen molar-refractivity contribution in [2.75, 3.05) is 7.11 Å². The number of methoxy groups -OCH3 is 1. The third-order valence-electron chi connectivity index (χ3n) is 3.33. The Kier molecular flexibility index (Phi) is 4.37. The highest BCUT2D eigenvalue weighted by Crippen LogP contribution is 2.43. The van der Waals surface area contributed by atoms with Crippen LogP contribution in [-0.2, 0) is 24.7 Å². The van der Waals surface area contributed by atoms with Gasteiger partial charge in [0.2, 0.25) is 0 Å². The standard InChI is InChI=1S/C15H13F3O4/c1-21-14(15(16,17)18,10-5-3-2-4-6-10)13(20)22-12-8-7-11(19)9-12/h2-8,12H,9H2,1H3/t12-,14-/m0/s1. The fourth-order valence-electron chi connectivity index (χ4n) is 2.24. The van der Waals surface area contributed by atoms with E-state index in [4.69, 9.17) is 4.74 Å². The lowest BCUT2D eigenvalue weighted by Gasteiger charge is -2.33. The fourth-order valence-corrected chi connectivity index (χ4v) is 2.24. The first-order valence-electron chi connectivity index (χ1n) is 6.41. The largest absolute Gasteiger partial charge is 0.455 e. The first-order chi connectivity index (χ1) is 10.3. The van der Waals surface area contributed by atoms with Gasteiger partial charge in [-0.1, -0.05) is 30.3 Å². The maximum absolute atomic E-state index is 13.6. The van der Waals surface area contributed by atoms with Crippen molar-refractivity contribution in [3.63, 3.8) is 0 Å². The zero-order valence-corrected chi connectivity index (χ0v) is 11.6. The summed E-state index contributed by atoms with van der Waals surface area (Å²) < 4.78 is 50.1. The van der Waals surface area contributed by atoms with E-state index in [0.717, 1.165) is 19.2 Å². The van der Waals surface area contributed by atoms with Gasteiger partial charge in [-0.25, -0.2) is 4.79 Å². The topological polar surface area (TPSA) is 52.6 Å². The molecule has 7 heteroatoms. The van der Waals surface area contributed by atoms with Gasteiger partial charge in [0.05, 0.1) is 6.42 Å². The summed E-state index contributed by atoms with van der Waals surface area (Å²) in [5.41, 5.74) is -3.61. The van der Waals surface area contributed by atoms with Crippen LogP contribution in [0.5, 0.6) is 0 Å². The van der Waals surface area contributed by atoms with Crippen molar-refractivity contribution in [1.29, 1.82) is 0 Å². The summed E-state index contributed by atoms with van der Waals surface area (Å²) in [5.74, 6) is -1.91. The molecule has 0 saturated heterocycles. The number of esters is 1. The smallest absolute Gasteiger partial charge is 0.432 e. The molecule has 0 saturated carbocycles. The van der Waals surface area contributed by atoms with Crippen LogP contribution in [0.4, 0.5) is 13.2 Å². The Labute approximate surface area is 124 Å². The number of ketones is 1. The summed E-state index contributed by atoms with van der Waals surface area (Å²) in [6, 6.07) is 6.51. The first kappa shape index (κ1) is 16.2. The summed E-state index contributed by atoms with van der Waals surface area (Å²) in [6.07, 6.45) is -3.78. The highest BCUT2D eigenvalue weighted by molar-refractivity contribution is 5.93. The number of carbonyl (C=O) groups is 2. The average molecular weight is 314 g/mol. The van der Waals surface area contributed by atoms with E-state index in [1.165, 1.54) is 30.4 Å². The number of ether oxygens (including phenoxy) is 2. The molecule has 1 aromatic rings. The molecule has 0 fully saturated rings. The Bertz CT molecular complexity index is 595. The number of halogens is 3. The number of carbonyl (C=O) groups excluding carboxylic acids is 2. The lowest BCUT2D eigenvalue weighted by molar-refractivity contribution is -0.277. The van der Waals surface area contributed by atoms with Gasteiger partial charge in [0.25, 0.3) is 5.60 Å². The SMILES string of the molecule is CO[C@](C(=O)O[C@H]1C=CC(=O)C1)(c1ccccc1)C(F)(F)F. The van der Waals surface area contributed by atoms with Crippen LogP contribution >= 0.6 is 0 Å². The molecule has 0 radical (unpaired) electrons. The lowest BCUT2D eigenvalue weighted by atomic mass is 9.92. The normalized spacial score (nSPS) is 20.7. The van der Waals surface area contributed by atoms with Crippen molar-refractivity contribution < 1.29 is 32.2 Å². The predicted octanol–water partition coefficient (Wildman–Crippen LogP) is 2.53. The molecule has 0 N–H and O–H groups in total. The molecule has 1 aliphatic rings. The molecule has 0 amide bonds. The molecule has 2 atom stereocenters. The van der Waals surface area contributed by atoms with Crippen molar-refractivity contribution in [3.8, 4) is 0 Å². The van der Waals surface area contributed by atoms with Crippen molar-refractivity contribution in [2.24, 2.45) is 0 Å². The lowest BCUT2D eigenvalue weighted by Crippen LogP contribution is -2.52. The molecule has 0 aliphatic heterocycles. The van der Waals surface area contributed by atoms with Crippen LogP contribution in [0.15, 0.2) is 42.5 Å². The van der Waals surface area contributed by atoms with Gasteiger partial charge in [-0.05, 0) is 12.2 Å². The predicted molar refractivity (Wildman–Crippen MR) is 69.8 cm³/mol. The van der Waals surface area contributed by atoms with Gasteiger partial charge in [-0.3, -0.25) is 4.79 Å². The molecule has 0 unspecified atom stereocenters. The Morgan fingerprint density at radius 3 is 2.32 bits per heavy atom. The van der Waals surface area contributed by atoms with Crippen LogP contribution in [0.1, 0.15) is 12.0 Å². The molecular weight excluding hydrogens is 301 g/mol. The molecule has 0 heterocycles. The van der Waals surface area contributed by atoms with Crippen LogP contribution in [0.3, 0.4) is 0 Å². The molecule has 1 aromatic carbocycles. The van der Waals surface area contributed by atoms with Gasteiger partial charge < -0.3 is 9.47 Å². The van der Waals surface area contributed by atoms with Gasteiger partial charge >= 0.3 is 12.1 Å². The number of hydrogen-bond acceptors (Lipinski definition) is 4. The Hall–Kier alpha value is -2.15. The third-order valence-corrected chi connectivity index (χ3v) is 3.33. The van der Waals surface area contributed by atoms with Crippen molar-refractivity contribution in [1.82, 2.24) is 0 Å². The van der Waals surface area contributed by atoms with Crippen molar-refractivity contribution in [3.05, 3.63) is 48.0 Å². The molecule has 1 aliphatic carbocycles. The van der Waals surface area contributed by atoms with E-state index in [1.807, 2.05) is 0 Å². The number of allylic oxidation sites excluding steroid dienone is 1. The van der Waals surface area contributed by atoms with E-state index >= 15 is 0 Å². The Morgan fingerprint density at radius 2 is 1.86 bits per heavy atom. The van der Waals surface area contributed by atoms with E-state index in [-0.39, 0.29) is 17.8 Å². The number of rotatable bonds is 4. The quantitative estimate of drug-likeness (QED) is 0.802. The maximum atomic E-state index is 13.6. The second-order valence-electron chi connectivity index (χ2n) is 4.72. The minimum atomic E-state index is -5.02. The molecule has 4 nitrogen and oxygen atoms in total. The van der Waals surface area contributed by atoms with E-state index in [9.17, 15) is 22.8 Å². The van der Waals surface area contributed by atoms with Crippen LogP contribution in [0, 0.1) is 0 Å². The Morgan fingerprint density at radius 1 is 1.23 bits per heavy atom. The van der Waals surface area contributed by atoms with Crippen LogP contribution in [0.2, 0.25) is 0 Å². The summed E-state index contributed by atoms with van der Waals surface area (Å²) in [4.78, 5) is 23.3. The molecule has 0 aromatic heterocycles. The highest BCUT2D eigenvalue weighted by Gasteiger charge is 2.64. The van der Waals surface area contributed by atoms with E-state index in [1.54, 1.807) is 0 Å². The highest BCUT2D eigenvalue weighted by atomic mass is 19.4. The molecule has 2 rings (SSSR count). The number of alkyl halides is 3. The van der Waals surface area contributed by atoms with Crippen molar-refractivity contribution >= 4 is 11.8 Å². The maximum Gasteiger partial charge on any atom is 0.432 e. The number of benzene rings is 1. The van der Waals surface area contributed by atoms with Gasteiger partial charge in [0.1, 0.15) is 6.10 Å². The summed E-state index contributed by atoms with van der Waals surface area (Å²) in [5, 5.41) is 0. The second-order valence-corrected chi connectivity index (χ2v) is 4.72. The third kappa shape index (κ3) is 2.76. The second kappa shape index (κ2) is 5.92. The summed E-state index contributed by atoms with van der Waals surface area (Å²) >= 11 is 0. The van der Waals surface area contributed by atoms with Crippen LogP contribution in [-0.4, -0.2) is 31.1 Å². The summed E-state index contributed by atoms with van der Waals surface area (Å²) in [6.45, 7) is 0. The Balaban J connectivity index is 2.38. The minimum absolute atomic E-state index is 0.168.